The van der Waals surface area contributed by atoms with Crippen LogP contribution in [0.1, 0.15) is 5.56 Å². The molecular formula is C13H21N6S+. The summed E-state index contributed by atoms with van der Waals surface area (Å²) in [6, 6.07) is 8.68. The Bertz CT molecular complexity index is 522. The number of hydrogen-bond acceptors (Lipinski definition) is 5. The fourth-order valence-corrected chi connectivity index (χ4v) is 2.56. The number of tetrazole rings is 1. The standard InChI is InChI=1S/C13H20N6S/c1-18(2)12-6-4-11(5-7-12)10-14-8-9-20-13-15-16-17-19(13)3/h4-7,14H,8-10H2,1-3H3/p+1. The molecule has 0 atom stereocenters. The molecule has 1 heterocycles. The van der Waals surface area contributed by atoms with Crippen LogP contribution in [0.15, 0.2) is 29.4 Å². The maximum Gasteiger partial charge on any atom is 0.209 e. The van der Waals surface area contributed by atoms with Crippen LogP contribution in [0.5, 0.6) is 0 Å². The van der Waals surface area contributed by atoms with Gasteiger partial charge in [0.1, 0.15) is 6.54 Å². The second kappa shape index (κ2) is 7.25. The molecule has 6 nitrogen and oxygen atoms in total. The highest BCUT2D eigenvalue weighted by atomic mass is 32.2. The molecule has 0 spiro atoms. The number of hydrogen-bond donors (Lipinski definition) is 1. The molecule has 0 saturated heterocycles. The minimum atomic E-state index is 0.869. The van der Waals surface area contributed by atoms with Crippen molar-refractivity contribution in [2.24, 2.45) is 7.05 Å². The van der Waals surface area contributed by atoms with E-state index < -0.39 is 0 Å². The third-order valence-electron chi connectivity index (χ3n) is 2.97. The second-order valence-corrected chi connectivity index (χ2v) is 5.84. The van der Waals surface area contributed by atoms with E-state index >= 15 is 0 Å². The Kier molecular flexibility index (Phi) is 5.37. The first-order valence-corrected chi connectivity index (χ1v) is 7.58. The van der Waals surface area contributed by atoms with Gasteiger partial charge in [-0.05, 0) is 22.6 Å². The first-order valence-electron chi connectivity index (χ1n) is 6.60. The zero-order valence-corrected chi connectivity index (χ0v) is 13.0. The molecule has 0 amide bonds. The van der Waals surface area contributed by atoms with Gasteiger partial charge in [0.2, 0.25) is 5.16 Å². The monoisotopic (exact) mass is 293 g/mol. The van der Waals surface area contributed by atoms with Crippen molar-refractivity contribution in [3.05, 3.63) is 29.8 Å². The van der Waals surface area contributed by atoms with Crippen molar-refractivity contribution in [1.82, 2.24) is 20.2 Å². The minimum absolute atomic E-state index is 0.869. The van der Waals surface area contributed by atoms with Crippen LogP contribution < -0.4 is 10.2 Å². The molecule has 0 saturated carbocycles. The zero-order valence-electron chi connectivity index (χ0n) is 12.2. The van der Waals surface area contributed by atoms with Crippen LogP contribution >= 0.6 is 11.8 Å². The van der Waals surface area contributed by atoms with Gasteiger partial charge in [-0.2, -0.15) is 0 Å². The number of aromatic nitrogens is 4. The highest BCUT2D eigenvalue weighted by Gasteiger charge is 2.03. The summed E-state index contributed by atoms with van der Waals surface area (Å²) in [6.07, 6.45) is 0. The van der Waals surface area contributed by atoms with Gasteiger partial charge in [-0.3, -0.25) is 0 Å². The Balaban J connectivity index is 1.67. The fraction of sp³-hybridized carbons (Fsp3) is 0.462. The smallest absolute Gasteiger partial charge is 0.209 e. The van der Waals surface area contributed by atoms with E-state index in [4.69, 9.17) is 0 Å². The quantitative estimate of drug-likeness (QED) is 0.581. The number of nitrogens with zero attached hydrogens (tertiary/aromatic N) is 5. The van der Waals surface area contributed by atoms with E-state index in [9.17, 15) is 0 Å². The number of quaternary nitrogens is 1. The van der Waals surface area contributed by atoms with E-state index in [2.05, 4.69) is 64.1 Å². The lowest BCUT2D eigenvalue weighted by atomic mass is 10.2. The van der Waals surface area contributed by atoms with Gasteiger partial charge in [-0.1, -0.05) is 23.9 Å². The lowest BCUT2D eigenvalue weighted by Gasteiger charge is -2.12. The molecule has 0 unspecified atom stereocenters. The van der Waals surface area contributed by atoms with Crippen molar-refractivity contribution in [2.75, 3.05) is 31.3 Å². The van der Waals surface area contributed by atoms with Gasteiger partial charge >= 0.3 is 0 Å². The van der Waals surface area contributed by atoms with Crippen LogP contribution in [0.3, 0.4) is 0 Å². The van der Waals surface area contributed by atoms with Crippen molar-refractivity contribution in [2.45, 2.75) is 11.7 Å². The van der Waals surface area contributed by atoms with E-state index in [1.54, 1.807) is 16.4 Å². The van der Waals surface area contributed by atoms with Gasteiger partial charge in [0, 0.05) is 32.4 Å². The minimum Gasteiger partial charge on any atom is -0.378 e. The molecule has 0 radical (unpaired) electrons. The first kappa shape index (κ1) is 14.8. The Labute approximate surface area is 123 Å². The average Bonchev–Trinajstić information content (AvgIpc) is 2.84. The normalized spacial score (nSPS) is 10.8. The molecule has 1 aromatic heterocycles. The van der Waals surface area contributed by atoms with Crippen molar-refractivity contribution in [1.29, 1.82) is 0 Å². The molecule has 20 heavy (non-hydrogen) atoms. The Morgan fingerprint density at radius 2 is 2.00 bits per heavy atom. The van der Waals surface area contributed by atoms with Gasteiger partial charge in [-0.25, -0.2) is 4.68 Å². The lowest BCUT2D eigenvalue weighted by molar-refractivity contribution is -0.666. The van der Waals surface area contributed by atoms with Crippen molar-refractivity contribution in [3.63, 3.8) is 0 Å². The van der Waals surface area contributed by atoms with Crippen LogP contribution in [0.2, 0.25) is 0 Å². The molecule has 0 aliphatic rings. The summed E-state index contributed by atoms with van der Waals surface area (Å²) < 4.78 is 1.70. The highest BCUT2D eigenvalue weighted by Crippen LogP contribution is 2.12. The summed E-state index contributed by atoms with van der Waals surface area (Å²) in [5.74, 6) is 1.00. The predicted molar refractivity (Wildman–Crippen MR) is 80.8 cm³/mol. The number of rotatable bonds is 7. The highest BCUT2D eigenvalue weighted by molar-refractivity contribution is 7.99. The summed E-state index contributed by atoms with van der Waals surface area (Å²) in [5, 5.41) is 14.5. The molecule has 0 bridgehead atoms. The fourth-order valence-electron chi connectivity index (χ4n) is 1.78. The predicted octanol–water partition coefficient (Wildman–Crippen LogP) is 0.132. The number of thioether (sulfide) groups is 1. The Morgan fingerprint density at radius 3 is 2.60 bits per heavy atom. The number of aryl methyl sites for hydroxylation is 1. The number of anilines is 1. The first-order chi connectivity index (χ1) is 9.66. The number of nitrogens with two attached hydrogens (primary N) is 1. The largest absolute Gasteiger partial charge is 0.378 e. The van der Waals surface area contributed by atoms with Gasteiger partial charge < -0.3 is 10.2 Å². The Hall–Kier alpha value is -1.60. The van der Waals surface area contributed by atoms with E-state index in [1.807, 2.05) is 7.05 Å². The van der Waals surface area contributed by atoms with Crippen LogP contribution in [-0.2, 0) is 13.6 Å². The number of benzene rings is 1. The van der Waals surface area contributed by atoms with Crippen molar-refractivity contribution in [3.8, 4) is 0 Å². The molecule has 7 heteroatoms. The summed E-state index contributed by atoms with van der Waals surface area (Å²) in [7, 11) is 5.97. The van der Waals surface area contributed by atoms with Crippen LogP contribution in [0.4, 0.5) is 5.69 Å². The van der Waals surface area contributed by atoms with Crippen molar-refractivity contribution >= 4 is 17.4 Å². The molecule has 0 aliphatic heterocycles. The van der Waals surface area contributed by atoms with Crippen LogP contribution in [0.25, 0.3) is 0 Å². The molecule has 2 N–H and O–H groups in total. The molecular weight excluding hydrogens is 272 g/mol. The van der Waals surface area contributed by atoms with E-state index in [1.165, 1.54) is 11.3 Å². The molecule has 1 aromatic carbocycles. The van der Waals surface area contributed by atoms with Crippen LogP contribution in [-0.4, -0.2) is 46.6 Å². The SMILES string of the molecule is CN(C)c1ccc(C[NH2+]CCSc2nnnn2C)cc1. The third kappa shape index (κ3) is 4.21. The summed E-state index contributed by atoms with van der Waals surface area (Å²) in [4.78, 5) is 2.11. The van der Waals surface area contributed by atoms with Crippen LogP contribution in [0, 0.1) is 0 Å². The molecule has 2 rings (SSSR count). The van der Waals surface area contributed by atoms with Gasteiger partial charge in [0.05, 0.1) is 12.3 Å². The topological polar surface area (TPSA) is 63.5 Å². The molecule has 2 aromatic rings. The van der Waals surface area contributed by atoms with E-state index in [0.717, 1.165) is 24.0 Å². The maximum absolute atomic E-state index is 3.94. The summed E-state index contributed by atoms with van der Waals surface area (Å²) in [6.45, 7) is 2.05. The lowest BCUT2D eigenvalue weighted by Crippen LogP contribution is -2.83. The average molecular weight is 293 g/mol. The molecule has 108 valence electrons. The molecule has 0 aliphatic carbocycles. The maximum atomic E-state index is 3.94. The second-order valence-electron chi connectivity index (χ2n) is 4.78. The van der Waals surface area contributed by atoms with Crippen molar-refractivity contribution < 1.29 is 5.32 Å². The Morgan fingerprint density at radius 1 is 1.25 bits per heavy atom. The van der Waals surface area contributed by atoms with Gasteiger partial charge in [-0.15, -0.1) is 5.10 Å². The van der Waals surface area contributed by atoms with E-state index in [-0.39, 0.29) is 0 Å². The van der Waals surface area contributed by atoms with E-state index in [0.29, 0.717) is 0 Å². The van der Waals surface area contributed by atoms with Gasteiger partial charge in [0.15, 0.2) is 0 Å². The summed E-state index contributed by atoms with van der Waals surface area (Å²) in [5.41, 5.74) is 2.58. The summed E-state index contributed by atoms with van der Waals surface area (Å²) >= 11 is 1.68. The molecule has 0 fully saturated rings. The van der Waals surface area contributed by atoms with Gasteiger partial charge in [0.25, 0.3) is 0 Å². The third-order valence-corrected chi connectivity index (χ3v) is 4.01. The zero-order chi connectivity index (χ0) is 14.4.